The first-order chi connectivity index (χ1) is 9.73. The number of aryl methyl sites for hydroxylation is 2. The highest BCUT2D eigenvalue weighted by Crippen LogP contribution is 2.24. The summed E-state index contributed by atoms with van der Waals surface area (Å²) >= 11 is 0. The molecule has 8 heteroatoms. The Kier molecular flexibility index (Phi) is 4.02. The number of carboxylic acids is 1. The minimum absolute atomic E-state index is 0.0550. The Bertz CT molecular complexity index is 712. The average Bonchev–Trinajstić information content (AvgIpc) is 2.37. The van der Waals surface area contributed by atoms with Crippen LogP contribution in [0.25, 0.3) is 0 Å². The summed E-state index contributed by atoms with van der Waals surface area (Å²) in [5.41, 5.74) is 0.902. The zero-order valence-corrected chi connectivity index (χ0v) is 12.5. The predicted octanol–water partition coefficient (Wildman–Crippen LogP) is 0.122. The van der Waals surface area contributed by atoms with Crippen LogP contribution < -0.4 is 5.32 Å². The highest BCUT2D eigenvalue weighted by Gasteiger charge is 2.31. The molecule has 1 fully saturated rings. The van der Waals surface area contributed by atoms with Gasteiger partial charge in [-0.1, -0.05) is 6.07 Å². The fraction of sp³-hybridized carbons (Fsp3) is 0.385. The molecule has 1 heterocycles. The fourth-order valence-electron chi connectivity index (χ4n) is 2.30. The van der Waals surface area contributed by atoms with Gasteiger partial charge < -0.3 is 10.4 Å². The molecule has 1 aromatic rings. The van der Waals surface area contributed by atoms with Gasteiger partial charge in [0.1, 0.15) is 0 Å². The van der Waals surface area contributed by atoms with E-state index >= 15 is 0 Å². The van der Waals surface area contributed by atoms with Crippen molar-refractivity contribution in [3.05, 3.63) is 28.8 Å². The number of amides is 1. The summed E-state index contributed by atoms with van der Waals surface area (Å²) in [7, 11) is -3.89. The lowest BCUT2D eigenvalue weighted by molar-refractivity contribution is -0.122. The van der Waals surface area contributed by atoms with Crippen molar-refractivity contribution in [2.24, 2.45) is 0 Å². The molecule has 21 heavy (non-hydrogen) atoms. The van der Waals surface area contributed by atoms with E-state index in [1.54, 1.807) is 13.8 Å². The van der Waals surface area contributed by atoms with Crippen LogP contribution in [-0.4, -0.2) is 49.3 Å². The van der Waals surface area contributed by atoms with Crippen LogP contribution in [0, 0.1) is 13.8 Å². The SMILES string of the molecule is Cc1cc(C)c(S(=O)(=O)N2CCNC(=O)C2)cc1C(=O)O. The molecule has 0 spiro atoms. The maximum atomic E-state index is 12.6. The van der Waals surface area contributed by atoms with Crippen LogP contribution in [0.15, 0.2) is 17.0 Å². The fourth-order valence-corrected chi connectivity index (χ4v) is 3.93. The lowest BCUT2D eigenvalue weighted by Crippen LogP contribution is -2.49. The van der Waals surface area contributed by atoms with Gasteiger partial charge in [-0.2, -0.15) is 4.31 Å². The third-order valence-electron chi connectivity index (χ3n) is 3.37. The van der Waals surface area contributed by atoms with E-state index < -0.39 is 16.0 Å². The Morgan fingerprint density at radius 2 is 1.95 bits per heavy atom. The van der Waals surface area contributed by atoms with Crippen LogP contribution >= 0.6 is 0 Å². The number of hydrogen-bond acceptors (Lipinski definition) is 4. The summed E-state index contributed by atoms with van der Waals surface area (Å²) in [6.07, 6.45) is 0. The van der Waals surface area contributed by atoms with E-state index in [0.29, 0.717) is 11.1 Å². The van der Waals surface area contributed by atoms with Crippen molar-refractivity contribution in [1.82, 2.24) is 9.62 Å². The van der Waals surface area contributed by atoms with Gasteiger partial charge in [-0.25, -0.2) is 13.2 Å². The molecule has 7 nitrogen and oxygen atoms in total. The Labute approximate surface area is 122 Å². The number of sulfonamides is 1. The second-order valence-corrected chi connectivity index (χ2v) is 6.83. The number of carbonyl (C=O) groups excluding carboxylic acids is 1. The van der Waals surface area contributed by atoms with Crippen molar-refractivity contribution in [2.45, 2.75) is 18.7 Å². The van der Waals surface area contributed by atoms with E-state index in [9.17, 15) is 18.0 Å². The molecule has 1 aliphatic heterocycles. The number of benzene rings is 1. The second-order valence-electron chi connectivity index (χ2n) is 4.93. The van der Waals surface area contributed by atoms with Crippen molar-refractivity contribution in [3.8, 4) is 0 Å². The summed E-state index contributed by atoms with van der Waals surface area (Å²) in [6, 6.07) is 2.69. The number of rotatable bonds is 3. The molecular formula is C13H16N2O5S. The van der Waals surface area contributed by atoms with Crippen LogP contribution in [0.1, 0.15) is 21.5 Å². The number of hydrogen-bond donors (Lipinski definition) is 2. The molecule has 1 amide bonds. The average molecular weight is 312 g/mol. The maximum Gasteiger partial charge on any atom is 0.335 e. The van der Waals surface area contributed by atoms with E-state index in [1.165, 1.54) is 6.07 Å². The first kappa shape index (κ1) is 15.5. The highest BCUT2D eigenvalue weighted by atomic mass is 32.2. The van der Waals surface area contributed by atoms with Crippen LogP contribution in [0.5, 0.6) is 0 Å². The van der Waals surface area contributed by atoms with Gasteiger partial charge in [0.25, 0.3) is 0 Å². The Hall–Kier alpha value is -1.93. The number of piperazine rings is 1. The molecule has 1 saturated heterocycles. The summed E-state index contributed by atoms with van der Waals surface area (Å²) in [5.74, 6) is -1.55. The van der Waals surface area contributed by atoms with Crippen molar-refractivity contribution < 1.29 is 23.1 Å². The molecule has 0 bridgehead atoms. The van der Waals surface area contributed by atoms with Crippen molar-refractivity contribution >= 4 is 21.9 Å². The molecule has 1 aromatic carbocycles. The maximum absolute atomic E-state index is 12.6. The first-order valence-electron chi connectivity index (χ1n) is 6.35. The molecule has 114 valence electrons. The van der Waals surface area contributed by atoms with E-state index in [-0.39, 0.29) is 36.0 Å². The number of nitrogens with one attached hydrogen (secondary N) is 1. The van der Waals surface area contributed by atoms with E-state index in [1.807, 2.05) is 0 Å². The largest absolute Gasteiger partial charge is 0.478 e. The van der Waals surface area contributed by atoms with E-state index in [4.69, 9.17) is 5.11 Å². The van der Waals surface area contributed by atoms with E-state index in [0.717, 1.165) is 10.4 Å². The van der Waals surface area contributed by atoms with Gasteiger partial charge in [-0.15, -0.1) is 0 Å². The summed E-state index contributed by atoms with van der Waals surface area (Å²) in [4.78, 5) is 22.5. The summed E-state index contributed by atoms with van der Waals surface area (Å²) < 4.78 is 26.3. The molecule has 0 unspecified atom stereocenters. The van der Waals surface area contributed by atoms with Crippen LogP contribution in [0.4, 0.5) is 0 Å². The smallest absolute Gasteiger partial charge is 0.335 e. The van der Waals surface area contributed by atoms with Gasteiger partial charge in [-0.3, -0.25) is 4.79 Å². The molecule has 2 rings (SSSR count). The van der Waals surface area contributed by atoms with Gasteiger partial charge >= 0.3 is 5.97 Å². The monoisotopic (exact) mass is 312 g/mol. The summed E-state index contributed by atoms with van der Waals surface area (Å²) in [6.45, 7) is 3.38. The number of nitrogens with zero attached hydrogens (tertiary/aromatic N) is 1. The molecule has 0 aliphatic carbocycles. The first-order valence-corrected chi connectivity index (χ1v) is 7.79. The number of carboxylic acid groups (broad SMARTS) is 1. The molecular weight excluding hydrogens is 296 g/mol. The quantitative estimate of drug-likeness (QED) is 0.825. The minimum Gasteiger partial charge on any atom is -0.478 e. The zero-order valence-electron chi connectivity index (χ0n) is 11.7. The van der Waals surface area contributed by atoms with Gasteiger partial charge in [0.2, 0.25) is 15.9 Å². The Morgan fingerprint density at radius 1 is 1.29 bits per heavy atom. The zero-order chi connectivity index (χ0) is 15.8. The van der Waals surface area contributed by atoms with E-state index in [2.05, 4.69) is 5.32 Å². The van der Waals surface area contributed by atoms with Crippen molar-refractivity contribution in [1.29, 1.82) is 0 Å². The molecule has 0 saturated carbocycles. The molecule has 1 aliphatic rings. The van der Waals surface area contributed by atoms with Gasteiger partial charge in [0.15, 0.2) is 0 Å². The van der Waals surface area contributed by atoms with Gasteiger partial charge in [-0.05, 0) is 31.0 Å². The van der Waals surface area contributed by atoms with Gasteiger partial charge in [0, 0.05) is 13.1 Å². The van der Waals surface area contributed by atoms with Crippen LogP contribution in [-0.2, 0) is 14.8 Å². The second kappa shape index (κ2) is 5.45. The third-order valence-corrected chi connectivity index (χ3v) is 5.36. The number of aromatic carboxylic acids is 1. The van der Waals surface area contributed by atoms with Crippen molar-refractivity contribution in [2.75, 3.05) is 19.6 Å². The lowest BCUT2D eigenvalue weighted by Gasteiger charge is -2.26. The molecule has 0 aromatic heterocycles. The third kappa shape index (κ3) is 2.91. The Morgan fingerprint density at radius 3 is 2.52 bits per heavy atom. The number of carbonyl (C=O) groups is 2. The standard InChI is InChI=1S/C13H16N2O5S/c1-8-5-9(2)11(6-10(8)13(17)18)21(19,20)15-4-3-14-12(16)7-15/h5-6H,3-4,7H2,1-2H3,(H,14,16)(H,17,18). The predicted molar refractivity (Wildman–Crippen MR) is 74.6 cm³/mol. The van der Waals surface area contributed by atoms with Gasteiger partial charge in [0.05, 0.1) is 17.0 Å². The highest BCUT2D eigenvalue weighted by molar-refractivity contribution is 7.89. The molecule has 0 radical (unpaired) electrons. The van der Waals surface area contributed by atoms with Crippen molar-refractivity contribution in [3.63, 3.8) is 0 Å². The Balaban J connectivity index is 2.51. The summed E-state index contributed by atoms with van der Waals surface area (Å²) in [5, 5.41) is 11.7. The molecule has 2 N–H and O–H groups in total. The molecule has 0 atom stereocenters. The van der Waals surface area contributed by atoms with Crippen LogP contribution in [0.2, 0.25) is 0 Å². The van der Waals surface area contributed by atoms with Crippen LogP contribution in [0.3, 0.4) is 0 Å². The minimum atomic E-state index is -3.89. The topological polar surface area (TPSA) is 104 Å². The normalized spacial score (nSPS) is 16.6. The lowest BCUT2D eigenvalue weighted by atomic mass is 10.1.